The minimum absolute atomic E-state index is 0.368. The normalized spacial score (nSPS) is 12.6. The van der Waals surface area contributed by atoms with Gasteiger partial charge < -0.3 is 0 Å². The maximum atomic E-state index is 11.8. The van der Waals surface area contributed by atoms with Crippen LogP contribution in [0.1, 0.15) is 6.92 Å². The largest absolute Gasteiger partial charge is 0.249 e. The zero-order valence-corrected chi connectivity index (χ0v) is 5.82. The molecule has 0 heterocycles. The third-order valence-corrected chi connectivity index (χ3v) is 0.605. The van der Waals surface area contributed by atoms with Crippen molar-refractivity contribution in [1.82, 2.24) is 0 Å². The highest BCUT2D eigenvalue weighted by atomic mass is 35.5. The molecule has 0 aliphatic heterocycles. The van der Waals surface area contributed by atoms with Gasteiger partial charge in [0.2, 0.25) is 0 Å². The van der Waals surface area contributed by atoms with E-state index in [-0.39, 0.29) is 0 Å². The van der Waals surface area contributed by atoms with Gasteiger partial charge in [0.15, 0.2) is 0 Å². The summed E-state index contributed by atoms with van der Waals surface area (Å²) in [4.78, 5) is 3.57. The first kappa shape index (κ1) is 8.37. The van der Waals surface area contributed by atoms with Crippen LogP contribution in [0, 0.1) is 0 Å². The van der Waals surface area contributed by atoms with E-state index in [1.54, 1.807) is 6.92 Å². The summed E-state index contributed by atoms with van der Waals surface area (Å²) in [5.74, 6) is -0.531. The molecule has 0 radical (unpaired) electrons. The van der Waals surface area contributed by atoms with Crippen molar-refractivity contribution in [3.8, 4) is 0 Å². The molecule has 9 heavy (non-hydrogen) atoms. The van der Waals surface area contributed by atoms with Gasteiger partial charge in [-0.3, -0.25) is 0 Å². The summed E-state index contributed by atoms with van der Waals surface area (Å²) < 4.78 is 11.8. The molecular weight excluding hydrogens is 141 g/mol. The Bertz CT molecular complexity index is 156. The zero-order valence-electron chi connectivity index (χ0n) is 5.06. The molecule has 0 atom stereocenters. The van der Waals surface area contributed by atoms with Crippen LogP contribution >= 0.6 is 11.6 Å². The van der Waals surface area contributed by atoms with Crippen molar-refractivity contribution in [2.45, 2.75) is 6.92 Å². The van der Waals surface area contributed by atoms with Crippen LogP contribution in [0.25, 0.3) is 0 Å². The molecule has 0 aliphatic rings. The van der Waals surface area contributed by atoms with E-state index in [9.17, 15) is 4.39 Å². The van der Waals surface area contributed by atoms with Crippen LogP contribution in [0.4, 0.5) is 4.39 Å². The van der Waals surface area contributed by atoms with Crippen LogP contribution in [-0.2, 0) is 0 Å². The monoisotopic (exact) mass is 147 g/mol. The highest BCUT2D eigenvalue weighted by molar-refractivity contribution is 6.64. The van der Waals surface area contributed by atoms with E-state index >= 15 is 0 Å². The van der Waals surface area contributed by atoms with Crippen LogP contribution in [0.5, 0.6) is 0 Å². The number of halogens is 2. The van der Waals surface area contributed by atoms with E-state index in [1.165, 1.54) is 6.20 Å². The number of rotatable bonds is 2. The fourth-order valence-electron chi connectivity index (χ4n) is 0.221. The number of nitrogens with zero attached hydrogens (tertiary/aromatic N) is 1. The SMILES string of the molecule is C=C(F)/C=C\N=C(C)Cl. The topological polar surface area (TPSA) is 12.4 Å². The van der Waals surface area contributed by atoms with Crippen LogP contribution < -0.4 is 0 Å². The van der Waals surface area contributed by atoms with Crippen LogP contribution in [0.3, 0.4) is 0 Å². The van der Waals surface area contributed by atoms with Crippen LogP contribution in [0.2, 0.25) is 0 Å². The Labute approximate surface area is 58.5 Å². The lowest BCUT2D eigenvalue weighted by atomic mass is 10.6. The third kappa shape index (κ3) is 7.37. The number of hydrogen-bond acceptors (Lipinski definition) is 1. The summed E-state index contributed by atoms with van der Waals surface area (Å²) in [6, 6.07) is 0. The number of allylic oxidation sites excluding steroid dienone is 2. The van der Waals surface area contributed by atoms with E-state index in [0.29, 0.717) is 5.17 Å². The van der Waals surface area contributed by atoms with Gasteiger partial charge in [-0.25, -0.2) is 9.38 Å². The molecule has 0 aromatic rings. The Morgan fingerprint density at radius 1 is 1.78 bits per heavy atom. The van der Waals surface area contributed by atoms with Gasteiger partial charge in [-0.15, -0.1) is 0 Å². The van der Waals surface area contributed by atoms with Crippen molar-refractivity contribution >= 4 is 16.8 Å². The quantitative estimate of drug-likeness (QED) is 0.421. The maximum absolute atomic E-state index is 11.8. The summed E-state index contributed by atoms with van der Waals surface area (Å²) in [5, 5.41) is 0.368. The summed E-state index contributed by atoms with van der Waals surface area (Å²) in [6.07, 6.45) is 2.39. The Hall–Kier alpha value is -0.630. The molecule has 0 bridgehead atoms. The second-order valence-corrected chi connectivity index (χ2v) is 1.94. The highest BCUT2D eigenvalue weighted by Gasteiger charge is 1.77. The summed E-state index contributed by atoms with van der Waals surface area (Å²) in [5.41, 5.74) is 0. The molecule has 0 aromatic carbocycles. The second kappa shape index (κ2) is 4.27. The van der Waals surface area contributed by atoms with Crippen molar-refractivity contribution in [3.63, 3.8) is 0 Å². The van der Waals surface area contributed by atoms with E-state index in [4.69, 9.17) is 11.6 Å². The molecule has 0 amide bonds. The predicted octanol–water partition coefficient (Wildman–Crippen LogP) is 2.64. The second-order valence-electron chi connectivity index (χ2n) is 1.39. The van der Waals surface area contributed by atoms with Crippen molar-refractivity contribution in [3.05, 3.63) is 24.7 Å². The molecule has 0 saturated carbocycles. The molecule has 0 N–H and O–H groups in total. The van der Waals surface area contributed by atoms with E-state index < -0.39 is 5.83 Å². The first-order valence-corrected chi connectivity index (χ1v) is 2.71. The molecule has 3 heteroatoms. The highest BCUT2D eigenvalue weighted by Crippen LogP contribution is 1.93. The van der Waals surface area contributed by atoms with Gasteiger partial charge in [0.25, 0.3) is 0 Å². The molecule has 0 rings (SSSR count). The lowest BCUT2D eigenvalue weighted by Crippen LogP contribution is -1.69. The average Bonchev–Trinajstić information content (AvgIpc) is 1.63. The smallest absolute Gasteiger partial charge is 0.117 e. The first-order valence-electron chi connectivity index (χ1n) is 2.34. The lowest BCUT2D eigenvalue weighted by molar-refractivity contribution is 0.671. The van der Waals surface area contributed by atoms with Gasteiger partial charge in [-0.2, -0.15) is 0 Å². The molecular formula is C6H7ClFN. The molecule has 50 valence electrons. The van der Waals surface area contributed by atoms with Crippen molar-refractivity contribution in [1.29, 1.82) is 0 Å². The standard InChI is InChI=1S/C6H7ClFN/c1-5(8)3-4-9-6(2)7/h3-4H,1H2,2H3/b4-3-,9-6?. The van der Waals surface area contributed by atoms with Crippen molar-refractivity contribution in [2.75, 3.05) is 0 Å². The summed E-state index contributed by atoms with van der Waals surface area (Å²) in [7, 11) is 0. The molecule has 1 nitrogen and oxygen atoms in total. The fourth-order valence-corrected chi connectivity index (χ4v) is 0.277. The van der Waals surface area contributed by atoms with E-state index in [1.807, 2.05) is 0 Å². The van der Waals surface area contributed by atoms with Crippen molar-refractivity contribution < 1.29 is 4.39 Å². The molecule has 0 spiro atoms. The lowest BCUT2D eigenvalue weighted by Gasteiger charge is -1.78. The Morgan fingerprint density at radius 2 is 2.33 bits per heavy atom. The van der Waals surface area contributed by atoms with Gasteiger partial charge >= 0.3 is 0 Å². The third-order valence-electron chi connectivity index (χ3n) is 0.508. The number of hydrogen-bond donors (Lipinski definition) is 0. The van der Waals surface area contributed by atoms with E-state index in [2.05, 4.69) is 11.6 Å². The fraction of sp³-hybridized carbons (Fsp3) is 0.167. The summed E-state index contributed by atoms with van der Waals surface area (Å²) >= 11 is 5.31. The average molecular weight is 148 g/mol. The molecule has 0 unspecified atom stereocenters. The van der Waals surface area contributed by atoms with Gasteiger partial charge in [-0.1, -0.05) is 18.2 Å². The van der Waals surface area contributed by atoms with Crippen LogP contribution in [0.15, 0.2) is 29.7 Å². The first-order chi connectivity index (χ1) is 4.13. The molecule has 0 fully saturated rings. The van der Waals surface area contributed by atoms with E-state index in [0.717, 1.165) is 6.08 Å². The molecule has 0 aliphatic carbocycles. The minimum Gasteiger partial charge on any atom is -0.249 e. The van der Waals surface area contributed by atoms with Crippen molar-refractivity contribution in [2.24, 2.45) is 4.99 Å². The Balaban J connectivity index is 3.74. The van der Waals surface area contributed by atoms with Gasteiger partial charge in [-0.05, 0) is 13.0 Å². The molecule has 0 saturated heterocycles. The van der Waals surface area contributed by atoms with Crippen LogP contribution in [-0.4, -0.2) is 5.17 Å². The minimum atomic E-state index is -0.531. The maximum Gasteiger partial charge on any atom is 0.117 e. The van der Waals surface area contributed by atoms with Gasteiger partial charge in [0.1, 0.15) is 11.0 Å². The Morgan fingerprint density at radius 3 is 2.67 bits per heavy atom. The summed E-state index contributed by atoms with van der Waals surface area (Å²) in [6.45, 7) is 4.59. The number of aliphatic imine (C=N–C) groups is 1. The Kier molecular flexibility index (Phi) is 3.97. The van der Waals surface area contributed by atoms with Gasteiger partial charge in [0.05, 0.1) is 0 Å². The van der Waals surface area contributed by atoms with Gasteiger partial charge in [0, 0.05) is 6.20 Å². The molecule has 0 aromatic heterocycles. The zero-order chi connectivity index (χ0) is 7.28. The predicted molar refractivity (Wildman–Crippen MR) is 38.4 cm³/mol.